The van der Waals surface area contributed by atoms with Crippen molar-refractivity contribution in [2.24, 2.45) is 37.9 Å². The molecule has 0 aromatic heterocycles. The summed E-state index contributed by atoms with van der Waals surface area (Å²) in [5, 5.41) is 0. The first-order chi connectivity index (χ1) is 16.2. The van der Waals surface area contributed by atoms with Crippen LogP contribution in [0.5, 0.6) is 0 Å². The normalized spacial score (nSPS) is 24.7. The molecule has 1 aromatic rings. The standard InChI is InChI=1S/C37H64/c1-27-20-18-19-21-29(27)36(34(14,15)24-30(2,3)4)22-28(32(8,9)10)23-37(26-36,33(11,12)13)35(16,17)25-31(5,6)7/h18-22H,23-26H2,1-17H3. The lowest BCUT2D eigenvalue weighted by Gasteiger charge is -2.65. The van der Waals surface area contributed by atoms with E-state index in [2.05, 4.69) is 148 Å². The summed E-state index contributed by atoms with van der Waals surface area (Å²) in [4.78, 5) is 0. The van der Waals surface area contributed by atoms with Gasteiger partial charge in [0.25, 0.3) is 0 Å². The zero-order chi connectivity index (χ0) is 29.1. The van der Waals surface area contributed by atoms with Gasteiger partial charge < -0.3 is 0 Å². The molecule has 0 heteroatoms. The van der Waals surface area contributed by atoms with Gasteiger partial charge in [0, 0.05) is 5.41 Å². The zero-order valence-corrected chi connectivity index (χ0v) is 28.2. The summed E-state index contributed by atoms with van der Waals surface area (Å²) in [5.74, 6) is 0. The van der Waals surface area contributed by atoms with Gasteiger partial charge >= 0.3 is 0 Å². The highest BCUT2D eigenvalue weighted by molar-refractivity contribution is 5.45. The van der Waals surface area contributed by atoms with E-state index in [4.69, 9.17) is 0 Å². The van der Waals surface area contributed by atoms with Gasteiger partial charge in [0.2, 0.25) is 0 Å². The smallest absolute Gasteiger partial charge is 0.0194 e. The molecule has 0 saturated heterocycles. The van der Waals surface area contributed by atoms with E-state index < -0.39 is 0 Å². The van der Waals surface area contributed by atoms with Crippen molar-refractivity contribution in [3.05, 3.63) is 47.0 Å². The van der Waals surface area contributed by atoms with Gasteiger partial charge in [-0.05, 0) is 81.6 Å². The molecule has 212 valence electrons. The molecule has 0 aliphatic heterocycles. The van der Waals surface area contributed by atoms with E-state index in [-0.39, 0.29) is 43.3 Å². The van der Waals surface area contributed by atoms with Crippen molar-refractivity contribution in [2.45, 2.75) is 149 Å². The van der Waals surface area contributed by atoms with Crippen LogP contribution in [-0.4, -0.2) is 0 Å². The molecular weight excluding hydrogens is 444 g/mol. The summed E-state index contributed by atoms with van der Waals surface area (Å²) in [5.41, 5.74) is 5.78. The summed E-state index contributed by atoms with van der Waals surface area (Å²) < 4.78 is 0. The second kappa shape index (κ2) is 9.55. The zero-order valence-electron chi connectivity index (χ0n) is 28.2. The minimum absolute atomic E-state index is 0.0467. The largest absolute Gasteiger partial charge is 0.0736 e. The van der Waals surface area contributed by atoms with Crippen molar-refractivity contribution in [1.29, 1.82) is 0 Å². The van der Waals surface area contributed by atoms with Gasteiger partial charge in [0.1, 0.15) is 0 Å². The van der Waals surface area contributed by atoms with Crippen molar-refractivity contribution in [3.8, 4) is 0 Å². The third kappa shape index (κ3) is 6.41. The minimum Gasteiger partial charge on any atom is -0.0736 e. The molecule has 1 aliphatic carbocycles. The van der Waals surface area contributed by atoms with Crippen LogP contribution in [0, 0.1) is 44.8 Å². The summed E-state index contributed by atoms with van der Waals surface area (Å²) >= 11 is 0. The van der Waals surface area contributed by atoms with E-state index in [1.807, 2.05) is 0 Å². The SMILES string of the molecule is Cc1ccccc1C1(C(C)(C)CC(C)(C)C)C=C(C(C)(C)C)CC(C(C)(C)C)(C(C)(C)CC(C)(C)C)C1. The van der Waals surface area contributed by atoms with E-state index in [0.29, 0.717) is 0 Å². The second-order valence-electron chi connectivity index (χ2n) is 18.6. The first kappa shape index (κ1) is 32.2. The predicted octanol–water partition coefficient (Wildman–Crippen LogP) is 12.0. The maximum Gasteiger partial charge on any atom is 0.0194 e. The van der Waals surface area contributed by atoms with E-state index in [9.17, 15) is 0 Å². The van der Waals surface area contributed by atoms with E-state index in [1.54, 1.807) is 11.1 Å². The number of hydrogen-bond acceptors (Lipinski definition) is 0. The number of benzene rings is 1. The lowest BCUT2D eigenvalue weighted by molar-refractivity contribution is -0.106. The third-order valence-electron chi connectivity index (χ3n) is 9.97. The van der Waals surface area contributed by atoms with Gasteiger partial charge in [-0.15, -0.1) is 0 Å². The summed E-state index contributed by atoms with van der Waals surface area (Å²) in [6.45, 7) is 42.3. The Morgan fingerprint density at radius 3 is 1.51 bits per heavy atom. The van der Waals surface area contributed by atoms with Gasteiger partial charge in [0.15, 0.2) is 0 Å². The van der Waals surface area contributed by atoms with Crippen LogP contribution in [0.3, 0.4) is 0 Å². The van der Waals surface area contributed by atoms with Crippen LogP contribution in [0.2, 0.25) is 0 Å². The average molecular weight is 509 g/mol. The third-order valence-corrected chi connectivity index (χ3v) is 9.97. The molecular formula is C37H64. The molecule has 2 unspecified atom stereocenters. The molecule has 0 heterocycles. The number of aryl methyl sites for hydroxylation is 1. The van der Waals surface area contributed by atoms with E-state index >= 15 is 0 Å². The lowest BCUT2D eigenvalue weighted by atomic mass is 9.38. The fraction of sp³-hybridized carbons (Fsp3) is 0.784. The maximum absolute atomic E-state index is 2.80. The van der Waals surface area contributed by atoms with Crippen LogP contribution in [0.25, 0.3) is 0 Å². The predicted molar refractivity (Wildman–Crippen MR) is 167 cm³/mol. The van der Waals surface area contributed by atoms with Crippen LogP contribution in [-0.2, 0) is 5.41 Å². The van der Waals surface area contributed by atoms with Gasteiger partial charge in [-0.3, -0.25) is 0 Å². The Bertz CT molecular complexity index is 971. The van der Waals surface area contributed by atoms with Gasteiger partial charge in [-0.2, -0.15) is 0 Å². The van der Waals surface area contributed by atoms with Gasteiger partial charge in [0.05, 0.1) is 0 Å². The maximum atomic E-state index is 2.80. The fourth-order valence-electron chi connectivity index (χ4n) is 8.79. The van der Waals surface area contributed by atoms with Crippen molar-refractivity contribution >= 4 is 0 Å². The topological polar surface area (TPSA) is 0 Å². The summed E-state index contributed by atoms with van der Waals surface area (Å²) in [6, 6.07) is 9.32. The molecule has 0 N–H and O–H groups in total. The molecule has 37 heavy (non-hydrogen) atoms. The monoisotopic (exact) mass is 509 g/mol. The quantitative estimate of drug-likeness (QED) is 0.347. The molecule has 0 fully saturated rings. The highest BCUT2D eigenvalue weighted by atomic mass is 14.7. The highest BCUT2D eigenvalue weighted by Gasteiger charge is 2.62. The van der Waals surface area contributed by atoms with Crippen LogP contribution >= 0.6 is 0 Å². The van der Waals surface area contributed by atoms with Crippen LogP contribution in [0.4, 0.5) is 0 Å². The number of hydrogen-bond donors (Lipinski definition) is 0. The second-order valence-corrected chi connectivity index (χ2v) is 18.6. The Hall–Kier alpha value is -1.04. The Kier molecular flexibility index (Phi) is 8.31. The number of rotatable bonds is 5. The molecule has 0 saturated carbocycles. The molecule has 0 nitrogen and oxygen atoms in total. The molecule has 0 radical (unpaired) electrons. The van der Waals surface area contributed by atoms with Crippen molar-refractivity contribution in [2.75, 3.05) is 0 Å². The Morgan fingerprint density at radius 1 is 0.649 bits per heavy atom. The molecule has 0 bridgehead atoms. The Balaban J connectivity index is 3.12. The van der Waals surface area contributed by atoms with Crippen LogP contribution in [0.1, 0.15) is 148 Å². The number of allylic oxidation sites excluding steroid dienone is 2. The molecule has 2 rings (SSSR count). The van der Waals surface area contributed by atoms with Crippen molar-refractivity contribution in [3.63, 3.8) is 0 Å². The first-order valence-corrected chi connectivity index (χ1v) is 15.0. The summed E-state index contributed by atoms with van der Waals surface area (Å²) in [7, 11) is 0. The highest BCUT2D eigenvalue weighted by Crippen LogP contribution is 2.70. The lowest BCUT2D eigenvalue weighted by Crippen LogP contribution is -2.58. The van der Waals surface area contributed by atoms with Gasteiger partial charge in [-0.1, -0.05) is 147 Å². The fourth-order valence-corrected chi connectivity index (χ4v) is 8.79. The Labute approximate surface area is 233 Å². The van der Waals surface area contributed by atoms with Crippen LogP contribution in [0.15, 0.2) is 35.9 Å². The molecule has 1 aromatic carbocycles. The first-order valence-electron chi connectivity index (χ1n) is 15.0. The van der Waals surface area contributed by atoms with E-state index in [1.165, 1.54) is 31.2 Å². The van der Waals surface area contributed by atoms with Crippen molar-refractivity contribution < 1.29 is 0 Å². The molecule has 0 spiro atoms. The Morgan fingerprint density at radius 2 is 1.11 bits per heavy atom. The molecule has 0 amide bonds. The van der Waals surface area contributed by atoms with Crippen LogP contribution < -0.4 is 0 Å². The molecule has 1 aliphatic rings. The van der Waals surface area contributed by atoms with Crippen molar-refractivity contribution in [1.82, 2.24) is 0 Å². The molecule has 2 atom stereocenters. The summed E-state index contributed by atoms with van der Waals surface area (Å²) in [6.07, 6.45) is 7.58. The minimum atomic E-state index is -0.0467. The average Bonchev–Trinajstić information content (AvgIpc) is 2.62. The van der Waals surface area contributed by atoms with E-state index in [0.717, 1.165) is 0 Å². The van der Waals surface area contributed by atoms with Gasteiger partial charge in [-0.25, -0.2) is 0 Å².